The molecule has 2 heterocycles. The highest BCUT2D eigenvalue weighted by molar-refractivity contribution is 5.82. The number of nitrogens with zero attached hydrogens (tertiary/aromatic N) is 3. The third-order valence-corrected chi connectivity index (χ3v) is 4.35. The van der Waals surface area contributed by atoms with Crippen LogP contribution in [0.15, 0.2) is 66.9 Å². The third-order valence-electron chi connectivity index (χ3n) is 4.35. The summed E-state index contributed by atoms with van der Waals surface area (Å²) >= 11 is 0. The molecule has 0 aliphatic carbocycles. The van der Waals surface area contributed by atoms with Gasteiger partial charge < -0.3 is 9.80 Å². The summed E-state index contributed by atoms with van der Waals surface area (Å²) in [5, 5.41) is 1.21. The quantitative estimate of drug-likeness (QED) is 0.719. The summed E-state index contributed by atoms with van der Waals surface area (Å²) in [5.41, 5.74) is 3.69. The lowest BCUT2D eigenvalue weighted by Gasteiger charge is -2.37. The van der Waals surface area contributed by atoms with Crippen LogP contribution in [0.3, 0.4) is 0 Å². The fraction of sp³-hybridized carbons (Fsp3) is 0.211. The summed E-state index contributed by atoms with van der Waals surface area (Å²) in [6.07, 6.45) is 1.85. The predicted octanol–water partition coefficient (Wildman–Crippen LogP) is 3.56. The fourth-order valence-corrected chi connectivity index (χ4v) is 3.12. The van der Waals surface area contributed by atoms with Gasteiger partial charge in [-0.1, -0.05) is 24.3 Å². The second-order valence-corrected chi connectivity index (χ2v) is 5.69. The van der Waals surface area contributed by atoms with Gasteiger partial charge in [-0.3, -0.25) is 4.98 Å². The number of hydrogen-bond acceptors (Lipinski definition) is 3. The number of pyridine rings is 1. The zero-order valence-corrected chi connectivity index (χ0v) is 12.5. The molecule has 3 nitrogen and oxygen atoms in total. The van der Waals surface area contributed by atoms with Crippen LogP contribution in [0.1, 0.15) is 0 Å². The summed E-state index contributed by atoms with van der Waals surface area (Å²) in [7, 11) is 0. The molecule has 110 valence electrons. The molecule has 0 radical (unpaired) electrons. The predicted molar refractivity (Wildman–Crippen MR) is 92.6 cm³/mol. The Morgan fingerprint density at radius 2 is 1.41 bits per heavy atom. The molecule has 0 bridgehead atoms. The second-order valence-electron chi connectivity index (χ2n) is 5.69. The van der Waals surface area contributed by atoms with Crippen LogP contribution < -0.4 is 9.80 Å². The van der Waals surface area contributed by atoms with Crippen LogP contribution in [0.4, 0.5) is 11.4 Å². The summed E-state index contributed by atoms with van der Waals surface area (Å²) < 4.78 is 0. The van der Waals surface area contributed by atoms with Gasteiger partial charge in [-0.25, -0.2) is 0 Å². The molecule has 22 heavy (non-hydrogen) atoms. The van der Waals surface area contributed by atoms with E-state index in [1.54, 1.807) is 0 Å². The number of hydrogen-bond donors (Lipinski definition) is 0. The maximum atomic E-state index is 4.39. The minimum absolute atomic E-state index is 1.06. The molecule has 4 rings (SSSR count). The average molecular weight is 289 g/mol. The summed E-state index contributed by atoms with van der Waals surface area (Å²) in [5.74, 6) is 0. The molecular formula is C19H19N3. The number of rotatable bonds is 2. The Kier molecular flexibility index (Phi) is 3.39. The molecule has 0 amide bonds. The second kappa shape index (κ2) is 5.68. The largest absolute Gasteiger partial charge is 0.368 e. The number of para-hydroxylation sites is 1. The van der Waals surface area contributed by atoms with Crippen LogP contribution in [-0.2, 0) is 0 Å². The van der Waals surface area contributed by atoms with Gasteiger partial charge in [0.25, 0.3) is 0 Å². The Balaban J connectivity index is 1.50. The van der Waals surface area contributed by atoms with E-state index in [1.807, 2.05) is 12.3 Å². The van der Waals surface area contributed by atoms with Gasteiger partial charge in [0, 0.05) is 49.1 Å². The summed E-state index contributed by atoms with van der Waals surface area (Å²) in [4.78, 5) is 9.31. The highest BCUT2D eigenvalue weighted by Gasteiger charge is 2.17. The first-order valence-corrected chi connectivity index (χ1v) is 7.80. The first-order chi connectivity index (χ1) is 10.9. The lowest BCUT2D eigenvalue weighted by atomic mass is 10.1. The number of aromatic nitrogens is 1. The van der Waals surface area contributed by atoms with Gasteiger partial charge in [-0.05, 0) is 36.4 Å². The summed E-state index contributed by atoms with van der Waals surface area (Å²) in [6.45, 7) is 4.24. The van der Waals surface area contributed by atoms with Crippen molar-refractivity contribution in [1.82, 2.24) is 4.98 Å². The van der Waals surface area contributed by atoms with Gasteiger partial charge >= 0.3 is 0 Å². The van der Waals surface area contributed by atoms with Crippen molar-refractivity contribution in [1.29, 1.82) is 0 Å². The highest BCUT2D eigenvalue weighted by Crippen LogP contribution is 2.23. The maximum absolute atomic E-state index is 4.39. The van der Waals surface area contributed by atoms with E-state index in [0.29, 0.717) is 0 Å². The molecule has 0 atom stereocenters. The van der Waals surface area contributed by atoms with Gasteiger partial charge in [0.15, 0.2) is 0 Å². The molecule has 3 heteroatoms. The number of fused-ring (bicyclic) bond motifs is 1. The van der Waals surface area contributed by atoms with E-state index in [9.17, 15) is 0 Å². The van der Waals surface area contributed by atoms with Gasteiger partial charge in [-0.2, -0.15) is 0 Å². The SMILES string of the molecule is c1ccc(N2CCN(c3ccc4ncccc4c3)CC2)cc1. The Hall–Kier alpha value is -2.55. The minimum atomic E-state index is 1.06. The summed E-state index contributed by atoms with van der Waals surface area (Å²) in [6, 6.07) is 21.4. The monoisotopic (exact) mass is 289 g/mol. The van der Waals surface area contributed by atoms with E-state index in [2.05, 4.69) is 69.4 Å². The Morgan fingerprint density at radius 3 is 2.18 bits per heavy atom. The van der Waals surface area contributed by atoms with E-state index in [1.165, 1.54) is 16.8 Å². The van der Waals surface area contributed by atoms with Crippen LogP contribution in [-0.4, -0.2) is 31.2 Å². The van der Waals surface area contributed by atoms with Crippen molar-refractivity contribution in [2.24, 2.45) is 0 Å². The number of anilines is 2. The first-order valence-electron chi connectivity index (χ1n) is 7.80. The molecule has 1 aromatic heterocycles. The Bertz CT molecular complexity index is 762. The Labute approximate surface area is 130 Å². The normalized spacial score (nSPS) is 15.3. The Morgan fingerprint density at radius 1 is 0.682 bits per heavy atom. The zero-order valence-electron chi connectivity index (χ0n) is 12.5. The van der Waals surface area contributed by atoms with E-state index in [4.69, 9.17) is 0 Å². The van der Waals surface area contributed by atoms with Crippen molar-refractivity contribution in [2.75, 3.05) is 36.0 Å². The van der Waals surface area contributed by atoms with E-state index in [-0.39, 0.29) is 0 Å². The first kappa shape index (κ1) is 13.1. The lowest BCUT2D eigenvalue weighted by Crippen LogP contribution is -2.46. The zero-order chi connectivity index (χ0) is 14.8. The van der Waals surface area contributed by atoms with Gasteiger partial charge in [-0.15, -0.1) is 0 Å². The van der Waals surface area contributed by atoms with Crippen molar-refractivity contribution in [3.05, 3.63) is 66.9 Å². The molecule has 2 aromatic carbocycles. The smallest absolute Gasteiger partial charge is 0.0703 e. The molecular weight excluding hydrogens is 270 g/mol. The molecule has 0 saturated carbocycles. The van der Waals surface area contributed by atoms with E-state index in [0.717, 1.165) is 31.7 Å². The molecule has 0 N–H and O–H groups in total. The third kappa shape index (κ3) is 2.50. The molecule has 3 aromatic rings. The lowest BCUT2D eigenvalue weighted by molar-refractivity contribution is 0.654. The molecule has 1 fully saturated rings. The van der Waals surface area contributed by atoms with Gasteiger partial charge in [0.1, 0.15) is 0 Å². The number of piperazine rings is 1. The van der Waals surface area contributed by atoms with Crippen molar-refractivity contribution < 1.29 is 0 Å². The highest BCUT2D eigenvalue weighted by atomic mass is 15.3. The molecule has 1 aliphatic rings. The number of benzene rings is 2. The van der Waals surface area contributed by atoms with Crippen molar-refractivity contribution in [3.8, 4) is 0 Å². The minimum Gasteiger partial charge on any atom is -0.368 e. The van der Waals surface area contributed by atoms with Crippen molar-refractivity contribution in [2.45, 2.75) is 0 Å². The van der Waals surface area contributed by atoms with Crippen LogP contribution >= 0.6 is 0 Å². The molecule has 1 saturated heterocycles. The standard InChI is InChI=1S/C19H19N3/c1-2-6-17(7-3-1)21-11-13-22(14-12-21)18-8-9-19-16(15-18)5-4-10-20-19/h1-10,15H,11-14H2. The van der Waals surface area contributed by atoms with Crippen LogP contribution in [0.25, 0.3) is 10.9 Å². The van der Waals surface area contributed by atoms with Crippen molar-refractivity contribution >= 4 is 22.3 Å². The molecule has 0 unspecified atom stereocenters. The van der Waals surface area contributed by atoms with Gasteiger partial charge in [0.05, 0.1) is 5.52 Å². The topological polar surface area (TPSA) is 19.4 Å². The molecule has 0 spiro atoms. The van der Waals surface area contributed by atoms with Crippen molar-refractivity contribution in [3.63, 3.8) is 0 Å². The van der Waals surface area contributed by atoms with Crippen LogP contribution in [0.2, 0.25) is 0 Å². The van der Waals surface area contributed by atoms with Crippen LogP contribution in [0.5, 0.6) is 0 Å². The van der Waals surface area contributed by atoms with E-state index < -0.39 is 0 Å². The maximum Gasteiger partial charge on any atom is 0.0703 e. The molecule has 1 aliphatic heterocycles. The average Bonchev–Trinajstić information content (AvgIpc) is 2.62. The van der Waals surface area contributed by atoms with Gasteiger partial charge in [0.2, 0.25) is 0 Å². The van der Waals surface area contributed by atoms with E-state index >= 15 is 0 Å². The van der Waals surface area contributed by atoms with Crippen LogP contribution in [0, 0.1) is 0 Å². The fourth-order valence-electron chi connectivity index (χ4n) is 3.12.